The first-order chi connectivity index (χ1) is 13.8. The van der Waals surface area contributed by atoms with Gasteiger partial charge in [0.1, 0.15) is 0 Å². The van der Waals surface area contributed by atoms with E-state index in [2.05, 4.69) is 10.4 Å². The Kier molecular flexibility index (Phi) is 6.13. The monoisotopic (exact) mass is 413 g/mol. The molecule has 0 atom stereocenters. The van der Waals surface area contributed by atoms with Gasteiger partial charge in [0.25, 0.3) is 5.91 Å². The van der Waals surface area contributed by atoms with Crippen LogP contribution in [0.2, 0.25) is 5.02 Å². The summed E-state index contributed by atoms with van der Waals surface area (Å²) in [4.78, 5) is 12.9. The Morgan fingerprint density at radius 1 is 1.17 bits per heavy atom. The highest BCUT2D eigenvalue weighted by molar-refractivity contribution is 6.32. The van der Waals surface area contributed by atoms with Crippen molar-refractivity contribution in [3.05, 3.63) is 63.9 Å². The summed E-state index contributed by atoms with van der Waals surface area (Å²) in [5.74, 6) is 0.531. The molecule has 0 saturated heterocycles. The van der Waals surface area contributed by atoms with Crippen molar-refractivity contribution in [1.29, 1.82) is 0 Å². The lowest BCUT2D eigenvalue weighted by Crippen LogP contribution is -2.14. The maximum Gasteiger partial charge on any atom is 0.255 e. The zero-order valence-electron chi connectivity index (χ0n) is 17.2. The molecular formula is C22H24ClN3O3. The summed E-state index contributed by atoms with van der Waals surface area (Å²) in [5.41, 5.74) is 4.70. The molecule has 0 radical (unpaired) electrons. The van der Waals surface area contributed by atoms with Crippen LogP contribution in [0.25, 0.3) is 5.69 Å². The van der Waals surface area contributed by atoms with Crippen LogP contribution in [0.1, 0.15) is 34.2 Å². The number of carbonyl (C=O) groups excluding carboxylic acids is 1. The standard InChI is InChI=1S/C22H24ClN3O3/c1-6-29-21-18(23)11-16(12-19(21)28-5)22(27)24-20-14(3)25-26(15(20)4)17-9-7-13(2)8-10-17/h7-12H,6H2,1-5H3,(H,24,27). The van der Waals surface area contributed by atoms with Gasteiger partial charge in [-0.15, -0.1) is 0 Å². The zero-order valence-corrected chi connectivity index (χ0v) is 17.9. The average Bonchev–Trinajstić information content (AvgIpc) is 2.98. The number of nitrogens with zero attached hydrogens (tertiary/aromatic N) is 2. The fraction of sp³-hybridized carbons (Fsp3) is 0.273. The molecule has 0 aliphatic rings. The van der Waals surface area contributed by atoms with Gasteiger partial charge in [0.05, 0.1) is 41.5 Å². The number of hydrogen-bond donors (Lipinski definition) is 1. The van der Waals surface area contributed by atoms with Crippen LogP contribution in [-0.2, 0) is 0 Å². The summed E-state index contributed by atoms with van der Waals surface area (Å²) < 4.78 is 12.7. The van der Waals surface area contributed by atoms with Gasteiger partial charge >= 0.3 is 0 Å². The third-order valence-corrected chi connectivity index (χ3v) is 4.87. The molecule has 152 valence electrons. The number of amides is 1. The smallest absolute Gasteiger partial charge is 0.255 e. The van der Waals surface area contributed by atoms with Gasteiger partial charge in [-0.1, -0.05) is 29.3 Å². The Hall–Kier alpha value is -2.99. The summed E-state index contributed by atoms with van der Waals surface area (Å²) in [6, 6.07) is 11.2. The van der Waals surface area contributed by atoms with E-state index in [1.807, 2.05) is 56.6 Å². The molecule has 0 aliphatic carbocycles. The predicted molar refractivity (Wildman–Crippen MR) is 115 cm³/mol. The molecule has 2 aromatic carbocycles. The van der Waals surface area contributed by atoms with Gasteiger partial charge in [-0.05, 0) is 52.0 Å². The van der Waals surface area contributed by atoms with E-state index >= 15 is 0 Å². The molecule has 0 fully saturated rings. The molecule has 1 aromatic heterocycles. The van der Waals surface area contributed by atoms with Crippen LogP contribution in [0.4, 0.5) is 5.69 Å². The van der Waals surface area contributed by atoms with Crippen molar-refractivity contribution >= 4 is 23.2 Å². The van der Waals surface area contributed by atoms with Crippen LogP contribution in [0.3, 0.4) is 0 Å². The van der Waals surface area contributed by atoms with Crippen LogP contribution in [-0.4, -0.2) is 29.4 Å². The molecule has 0 saturated carbocycles. The third kappa shape index (κ3) is 4.22. The van der Waals surface area contributed by atoms with Crippen LogP contribution < -0.4 is 14.8 Å². The fourth-order valence-corrected chi connectivity index (χ4v) is 3.35. The Morgan fingerprint density at radius 2 is 1.86 bits per heavy atom. The Balaban J connectivity index is 1.92. The van der Waals surface area contributed by atoms with Crippen molar-refractivity contribution in [2.75, 3.05) is 19.0 Å². The van der Waals surface area contributed by atoms with Crippen molar-refractivity contribution in [3.63, 3.8) is 0 Å². The topological polar surface area (TPSA) is 65.4 Å². The molecule has 1 amide bonds. The number of hydrogen-bond acceptors (Lipinski definition) is 4. The molecule has 0 bridgehead atoms. The maximum absolute atomic E-state index is 12.9. The van der Waals surface area contributed by atoms with Gasteiger partial charge in [-0.3, -0.25) is 4.79 Å². The molecule has 3 aromatic rings. The predicted octanol–water partition coefficient (Wildman–Crippen LogP) is 5.11. The van der Waals surface area contributed by atoms with Gasteiger partial charge in [0.2, 0.25) is 0 Å². The Labute approximate surface area is 175 Å². The molecule has 3 rings (SSSR count). The summed E-state index contributed by atoms with van der Waals surface area (Å²) >= 11 is 6.30. The lowest BCUT2D eigenvalue weighted by Gasteiger charge is -2.13. The van der Waals surface area contributed by atoms with Crippen molar-refractivity contribution < 1.29 is 14.3 Å². The third-order valence-electron chi connectivity index (χ3n) is 4.59. The van der Waals surface area contributed by atoms with E-state index in [0.29, 0.717) is 34.4 Å². The minimum Gasteiger partial charge on any atom is -0.493 e. The van der Waals surface area contributed by atoms with E-state index in [1.54, 1.807) is 12.1 Å². The normalized spacial score (nSPS) is 10.7. The SMILES string of the molecule is CCOc1c(Cl)cc(C(=O)Nc2c(C)nn(-c3ccc(C)cc3)c2C)cc1OC. The van der Waals surface area contributed by atoms with E-state index in [4.69, 9.17) is 21.1 Å². The highest BCUT2D eigenvalue weighted by atomic mass is 35.5. The van der Waals surface area contributed by atoms with Crippen LogP contribution in [0.5, 0.6) is 11.5 Å². The van der Waals surface area contributed by atoms with Crippen molar-refractivity contribution in [3.8, 4) is 17.2 Å². The lowest BCUT2D eigenvalue weighted by molar-refractivity contribution is 0.102. The quantitative estimate of drug-likeness (QED) is 0.609. The van der Waals surface area contributed by atoms with Crippen molar-refractivity contribution in [2.45, 2.75) is 27.7 Å². The first-order valence-electron chi connectivity index (χ1n) is 9.30. The van der Waals surface area contributed by atoms with Gasteiger partial charge in [0, 0.05) is 5.56 Å². The summed E-state index contributed by atoms with van der Waals surface area (Å²) in [6.07, 6.45) is 0. The number of aryl methyl sites for hydroxylation is 2. The largest absolute Gasteiger partial charge is 0.493 e. The number of halogens is 1. The highest BCUT2D eigenvalue weighted by Crippen LogP contribution is 2.36. The molecule has 7 heteroatoms. The molecule has 0 spiro atoms. The summed E-state index contributed by atoms with van der Waals surface area (Å²) in [5, 5.41) is 7.85. The number of benzene rings is 2. The van der Waals surface area contributed by atoms with Crippen molar-refractivity contribution in [2.24, 2.45) is 0 Å². The van der Waals surface area contributed by atoms with E-state index in [1.165, 1.54) is 12.7 Å². The number of aromatic nitrogens is 2. The van der Waals surface area contributed by atoms with Crippen LogP contribution >= 0.6 is 11.6 Å². The molecule has 29 heavy (non-hydrogen) atoms. The molecule has 6 nitrogen and oxygen atoms in total. The first kappa shape index (κ1) is 20.7. The Morgan fingerprint density at radius 3 is 2.48 bits per heavy atom. The van der Waals surface area contributed by atoms with E-state index < -0.39 is 0 Å². The first-order valence-corrected chi connectivity index (χ1v) is 9.68. The van der Waals surface area contributed by atoms with E-state index in [-0.39, 0.29) is 5.91 Å². The van der Waals surface area contributed by atoms with E-state index in [9.17, 15) is 4.79 Å². The van der Waals surface area contributed by atoms with Gasteiger partial charge in [-0.2, -0.15) is 5.10 Å². The fourth-order valence-electron chi connectivity index (χ4n) is 3.08. The average molecular weight is 414 g/mol. The van der Waals surface area contributed by atoms with Crippen LogP contribution in [0, 0.1) is 20.8 Å². The minimum absolute atomic E-state index is 0.303. The number of anilines is 1. The summed E-state index contributed by atoms with van der Waals surface area (Å²) in [6.45, 7) is 8.11. The number of carbonyl (C=O) groups is 1. The summed E-state index contributed by atoms with van der Waals surface area (Å²) in [7, 11) is 1.51. The molecule has 0 aliphatic heterocycles. The van der Waals surface area contributed by atoms with Gasteiger partial charge in [0.15, 0.2) is 11.5 Å². The minimum atomic E-state index is -0.303. The Bertz CT molecular complexity index is 1040. The van der Waals surface area contributed by atoms with Gasteiger partial charge in [-0.25, -0.2) is 4.68 Å². The molecule has 1 N–H and O–H groups in total. The second kappa shape index (κ2) is 8.57. The lowest BCUT2D eigenvalue weighted by atomic mass is 10.1. The highest BCUT2D eigenvalue weighted by Gasteiger charge is 2.19. The number of rotatable bonds is 6. The number of ether oxygens (including phenoxy) is 2. The molecular weight excluding hydrogens is 390 g/mol. The van der Waals surface area contributed by atoms with Crippen molar-refractivity contribution in [1.82, 2.24) is 9.78 Å². The maximum atomic E-state index is 12.9. The second-order valence-corrected chi connectivity index (χ2v) is 7.08. The van der Waals surface area contributed by atoms with Crippen LogP contribution in [0.15, 0.2) is 36.4 Å². The number of nitrogens with one attached hydrogen (secondary N) is 1. The number of methoxy groups -OCH3 is 1. The van der Waals surface area contributed by atoms with E-state index in [0.717, 1.165) is 17.1 Å². The second-order valence-electron chi connectivity index (χ2n) is 6.67. The zero-order chi connectivity index (χ0) is 21.1. The molecule has 1 heterocycles. The molecule has 0 unspecified atom stereocenters. The van der Waals surface area contributed by atoms with Gasteiger partial charge < -0.3 is 14.8 Å².